The molecule has 0 aliphatic rings. The van der Waals surface area contributed by atoms with Gasteiger partial charge >= 0.3 is 0 Å². The number of carbonyl (C=O) groups excluding carboxylic acids is 1. The number of benzene rings is 1. The predicted molar refractivity (Wildman–Crippen MR) is 58.0 cm³/mol. The van der Waals surface area contributed by atoms with Gasteiger partial charge in [0.15, 0.2) is 0 Å². The lowest BCUT2D eigenvalue weighted by molar-refractivity contribution is 0.0995. The summed E-state index contributed by atoms with van der Waals surface area (Å²) in [5.74, 6) is -1.19. The third kappa shape index (κ3) is 2.02. The Balaban J connectivity index is 2.52. The molecule has 0 bridgehead atoms. The molecule has 1 heterocycles. The first-order chi connectivity index (χ1) is 8.13. The molecule has 1 amide bonds. The van der Waals surface area contributed by atoms with Crippen LogP contribution in [0.4, 0.5) is 4.39 Å². The summed E-state index contributed by atoms with van der Waals surface area (Å²) in [6.07, 6.45) is 1.48. The Morgan fingerprint density at radius 1 is 1.47 bits per heavy atom. The second-order valence-corrected chi connectivity index (χ2v) is 3.41. The monoisotopic (exact) mass is 235 g/mol. The van der Waals surface area contributed by atoms with Crippen molar-refractivity contribution in [2.75, 3.05) is 0 Å². The van der Waals surface area contributed by atoms with E-state index in [0.29, 0.717) is 5.69 Å². The molecule has 2 rings (SSSR count). The summed E-state index contributed by atoms with van der Waals surface area (Å²) in [7, 11) is 0. The average Bonchev–Trinajstić information content (AvgIpc) is 2.77. The quantitative estimate of drug-likeness (QED) is 0.817. The first kappa shape index (κ1) is 11.3. The van der Waals surface area contributed by atoms with E-state index >= 15 is 0 Å². The number of aromatic nitrogens is 2. The summed E-state index contributed by atoms with van der Waals surface area (Å²) < 4.78 is 14.7. The van der Waals surface area contributed by atoms with Crippen LogP contribution in [-0.2, 0) is 6.61 Å². The van der Waals surface area contributed by atoms with Gasteiger partial charge in [-0.05, 0) is 18.2 Å². The van der Waals surface area contributed by atoms with Gasteiger partial charge in [-0.15, -0.1) is 0 Å². The van der Waals surface area contributed by atoms with Crippen LogP contribution in [0.1, 0.15) is 16.1 Å². The normalized spacial score (nSPS) is 10.5. The molecule has 0 unspecified atom stereocenters. The fourth-order valence-corrected chi connectivity index (χ4v) is 1.51. The van der Waals surface area contributed by atoms with Crippen LogP contribution in [0.5, 0.6) is 0 Å². The molecule has 0 spiro atoms. The van der Waals surface area contributed by atoms with Crippen molar-refractivity contribution in [3.8, 4) is 5.69 Å². The number of hydrogen-bond donors (Lipinski definition) is 2. The van der Waals surface area contributed by atoms with E-state index in [1.807, 2.05) is 0 Å². The maximum absolute atomic E-state index is 13.4. The van der Waals surface area contributed by atoms with Crippen LogP contribution in [0.15, 0.2) is 30.5 Å². The highest BCUT2D eigenvalue weighted by atomic mass is 19.1. The number of aliphatic hydroxyl groups excluding tert-OH is 1. The number of nitrogens with zero attached hydrogens (tertiary/aromatic N) is 2. The molecule has 0 saturated heterocycles. The Labute approximate surface area is 96.3 Å². The van der Waals surface area contributed by atoms with Crippen molar-refractivity contribution in [2.24, 2.45) is 5.73 Å². The summed E-state index contributed by atoms with van der Waals surface area (Å²) in [6.45, 7) is -0.451. The Morgan fingerprint density at radius 3 is 2.82 bits per heavy atom. The molecule has 0 saturated carbocycles. The Bertz CT molecular complexity index is 566. The number of nitrogens with two attached hydrogens (primary N) is 1. The minimum Gasteiger partial charge on any atom is -0.391 e. The van der Waals surface area contributed by atoms with Crippen molar-refractivity contribution in [3.05, 3.63) is 47.5 Å². The Hall–Kier alpha value is -2.21. The lowest BCUT2D eigenvalue weighted by Gasteiger charge is -2.07. The molecule has 17 heavy (non-hydrogen) atoms. The van der Waals surface area contributed by atoms with Crippen molar-refractivity contribution < 1.29 is 14.3 Å². The van der Waals surface area contributed by atoms with Crippen LogP contribution >= 0.6 is 0 Å². The van der Waals surface area contributed by atoms with Gasteiger partial charge in [0, 0.05) is 11.8 Å². The van der Waals surface area contributed by atoms with E-state index in [4.69, 9.17) is 10.8 Å². The number of amides is 1. The summed E-state index contributed by atoms with van der Waals surface area (Å²) in [5.41, 5.74) is 5.64. The highest BCUT2D eigenvalue weighted by Crippen LogP contribution is 2.17. The fraction of sp³-hybridized carbons (Fsp3) is 0.0909. The second-order valence-electron chi connectivity index (χ2n) is 3.41. The van der Waals surface area contributed by atoms with Crippen LogP contribution < -0.4 is 5.73 Å². The summed E-state index contributed by atoms with van der Waals surface area (Å²) in [5, 5.41) is 13.0. The molecule has 0 aliphatic carbocycles. The van der Waals surface area contributed by atoms with E-state index in [1.165, 1.54) is 29.1 Å². The first-order valence-corrected chi connectivity index (χ1v) is 4.87. The molecular weight excluding hydrogens is 225 g/mol. The lowest BCUT2D eigenvalue weighted by atomic mass is 10.2. The SMILES string of the molecule is NC(=O)c1ccn(-c2cccc(F)c2CO)n1. The number of primary amides is 1. The number of carbonyl (C=O) groups is 1. The van der Waals surface area contributed by atoms with Gasteiger partial charge in [0.2, 0.25) is 0 Å². The van der Waals surface area contributed by atoms with Gasteiger partial charge in [0.1, 0.15) is 11.5 Å². The predicted octanol–water partition coefficient (Wildman–Crippen LogP) is 0.603. The van der Waals surface area contributed by atoms with Crippen LogP contribution in [-0.4, -0.2) is 20.8 Å². The molecule has 3 N–H and O–H groups in total. The molecule has 0 fully saturated rings. The highest BCUT2D eigenvalue weighted by molar-refractivity contribution is 5.90. The van der Waals surface area contributed by atoms with Crippen LogP contribution in [0.2, 0.25) is 0 Å². The highest BCUT2D eigenvalue weighted by Gasteiger charge is 2.11. The number of halogens is 1. The molecule has 0 aliphatic heterocycles. The molecule has 5 nitrogen and oxygen atoms in total. The van der Waals surface area contributed by atoms with Gasteiger partial charge in [-0.1, -0.05) is 6.07 Å². The van der Waals surface area contributed by atoms with Crippen molar-refractivity contribution in [1.82, 2.24) is 9.78 Å². The number of hydrogen-bond acceptors (Lipinski definition) is 3. The molecule has 1 aromatic carbocycles. The Kier molecular flexibility index (Phi) is 2.88. The molecule has 6 heteroatoms. The van der Waals surface area contributed by atoms with E-state index in [9.17, 15) is 9.18 Å². The smallest absolute Gasteiger partial charge is 0.269 e. The molecule has 0 radical (unpaired) electrons. The zero-order valence-corrected chi connectivity index (χ0v) is 8.80. The summed E-state index contributed by atoms with van der Waals surface area (Å²) in [4.78, 5) is 10.9. The zero-order chi connectivity index (χ0) is 12.4. The largest absolute Gasteiger partial charge is 0.391 e. The Morgan fingerprint density at radius 2 is 2.24 bits per heavy atom. The molecule has 88 valence electrons. The van der Waals surface area contributed by atoms with Crippen molar-refractivity contribution in [2.45, 2.75) is 6.61 Å². The third-order valence-corrected chi connectivity index (χ3v) is 2.34. The average molecular weight is 235 g/mol. The maximum Gasteiger partial charge on any atom is 0.269 e. The van der Waals surface area contributed by atoms with Gasteiger partial charge in [-0.2, -0.15) is 5.10 Å². The second kappa shape index (κ2) is 4.34. The van der Waals surface area contributed by atoms with Gasteiger partial charge in [0.05, 0.1) is 12.3 Å². The van der Waals surface area contributed by atoms with Gasteiger partial charge in [-0.25, -0.2) is 9.07 Å². The van der Waals surface area contributed by atoms with Gasteiger partial charge in [-0.3, -0.25) is 4.79 Å². The van der Waals surface area contributed by atoms with E-state index < -0.39 is 18.3 Å². The van der Waals surface area contributed by atoms with E-state index in [-0.39, 0.29) is 11.3 Å². The number of rotatable bonds is 3. The van der Waals surface area contributed by atoms with Crippen molar-refractivity contribution in [3.63, 3.8) is 0 Å². The third-order valence-electron chi connectivity index (χ3n) is 2.34. The minimum absolute atomic E-state index is 0.0816. The van der Waals surface area contributed by atoms with Crippen LogP contribution in [0, 0.1) is 5.82 Å². The summed E-state index contributed by atoms with van der Waals surface area (Å²) in [6, 6.07) is 5.75. The minimum atomic E-state index is -0.661. The standard InChI is InChI=1S/C11H10FN3O2/c12-8-2-1-3-10(7(8)6-16)15-5-4-9(14-15)11(13)17/h1-5,16H,6H2,(H2,13,17). The molecular formula is C11H10FN3O2. The van der Waals surface area contributed by atoms with Gasteiger partial charge in [0.25, 0.3) is 5.91 Å². The zero-order valence-electron chi connectivity index (χ0n) is 8.80. The lowest BCUT2D eigenvalue weighted by Crippen LogP contribution is -2.12. The number of aliphatic hydroxyl groups is 1. The van der Waals surface area contributed by atoms with Crippen molar-refractivity contribution in [1.29, 1.82) is 0 Å². The molecule has 2 aromatic rings. The van der Waals surface area contributed by atoms with Gasteiger partial charge < -0.3 is 10.8 Å². The van der Waals surface area contributed by atoms with Crippen molar-refractivity contribution >= 4 is 5.91 Å². The molecule has 0 atom stereocenters. The molecule has 1 aromatic heterocycles. The first-order valence-electron chi connectivity index (χ1n) is 4.87. The maximum atomic E-state index is 13.4. The van der Waals surface area contributed by atoms with E-state index in [2.05, 4.69) is 5.10 Å². The van der Waals surface area contributed by atoms with Crippen LogP contribution in [0.25, 0.3) is 5.69 Å². The van der Waals surface area contributed by atoms with E-state index in [1.54, 1.807) is 6.07 Å². The summed E-state index contributed by atoms with van der Waals surface area (Å²) >= 11 is 0. The van der Waals surface area contributed by atoms with Crippen LogP contribution in [0.3, 0.4) is 0 Å². The fourth-order valence-electron chi connectivity index (χ4n) is 1.51. The van der Waals surface area contributed by atoms with E-state index in [0.717, 1.165) is 0 Å². The topological polar surface area (TPSA) is 81.1 Å².